The number of hydrogen-bond acceptors (Lipinski definition) is 5. The number of halogens is 4. The summed E-state index contributed by atoms with van der Waals surface area (Å²) in [6, 6.07) is 10.9. The summed E-state index contributed by atoms with van der Waals surface area (Å²) in [5.41, 5.74) is 7.33. The third-order valence-electron chi connectivity index (χ3n) is 4.17. The van der Waals surface area contributed by atoms with Crippen molar-refractivity contribution in [2.24, 2.45) is 0 Å². The number of nitrogens with zero attached hydrogens (tertiary/aromatic N) is 3. The van der Waals surface area contributed by atoms with Crippen molar-refractivity contribution in [3.05, 3.63) is 66.1 Å². The molecule has 1 atom stereocenters. The van der Waals surface area contributed by atoms with Crippen LogP contribution in [0, 0.1) is 5.82 Å². The minimum atomic E-state index is -4.74. The summed E-state index contributed by atoms with van der Waals surface area (Å²) in [4.78, 5) is 10.1. The van der Waals surface area contributed by atoms with Crippen LogP contribution < -0.4 is 10.6 Å². The first kappa shape index (κ1) is 19.6. The number of nitrogens with two attached hydrogens (primary N) is 1. The molecule has 0 spiro atoms. The maximum absolute atomic E-state index is 13.1. The normalized spacial score (nSPS) is 12.6. The number of hydrogen-bond donors (Lipinski definition) is 2. The predicted octanol–water partition coefficient (Wildman–Crippen LogP) is 4.23. The van der Waals surface area contributed by atoms with E-state index in [1.165, 1.54) is 30.5 Å². The van der Waals surface area contributed by atoms with E-state index in [1.807, 2.05) is 0 Å². The third kappa shape index (κ3) is 4.04. The summed E-state index contributed by atoms with van der Waals surface area (Å²) < 4.78 is 50.8. The van der Waals surface area contributed by atoms with Gasteiger partial charge in [0.05, 0.1) is 6.20 Å². The number of benzene rings is 2. The topological polar surface area (TPSA) is 75.3 Å². The van der Waals surface area contributed by atoms with Gasteiger partial charge in [0, 0.05) is 18.3 Å². The fraction of sp³-hybridized carbons (Fsp3) is 0.158. The molecule has 0 saturated carbocycles. The average molecular weight is 392 g/mol. The Labute approximate surface area is 158 Å². The molecular weight excluding hydrogens is 376 g/mol. The molecule has 146 valence electrons. The van der Waals surface area contributed by atoms with Crippen molar-refractivity contribution in [1.82, 2.24) is 9.97 Å². The summed E-state index contributed by atoms with van der Waals surface area (Å²) >= 11 is 0. The van der Waals surface area contributed by atoms with E-state index in [0.717, 1.165) is 12.1 Å². The van der Waals surface area contributed by atoms with Crippen molar-refractivity contribution in [3.63, 3.8) is 0 Å². The van der Waals surface area contributed by atoms with E-state index in [9.17, 15) is 22.7 Å². The van der Waals surface area contributed by atoms with Gasteiger partial charge in [-0.2, -0.15) is 13.2 Å². The van der Waals surface area contributed by atoms with Crippen LogP contribution in [0.25, 0.3) is 11.4 Å². The molecule has 0 aliphatic rings. The van der Waals surface area contributed by atoms with Crippen LogP contribution in [-0.4, -0.2) is 28.3 Å². The van der Waals surface area contributed by atoms with Crippen molar-refractivity contribution in [3.8, 4) is 11.4 Å². The Kier molecular flexibility index (Phi) is 5.19. The average Bonchev–Trinajstić information content (AvgIpc) is 2.67. The molecule has 0 fully saturated rings. The first-order chi connectivity index (χ1) is 13.2. The molecule has 1 aromatic heterocycles. The molecule has 0 amide bonds. The van der Waals surface area contributed by atoms with Crippen LogP contribution in [0.5, 0.6) is 0 Å². The molecule has 0 bridgehead atoms. The van der Waals surface area contributed by atoms with Crippen LogP contribution in [0.4, 0.5) is 34.8 Å². The number of aliphatic hydroxyl groups excluding tert-OH is 1. The zero-order valence-corrected chi connectivity index (χ0v) is 14.7. The number of alkyl halides is 3. The Balaban J connectivity index is 1.85. The second kappa shape index (κ2) is 7.43. The van der Waals surface area contributed by atoms with E-state index in [2.05, 4.69) is 9.97 Å². The maximum atomic E-state index is 13.1. The van der Waals surface area contributed by atoms with Crippen molar-refractivity contribution in [2.45, 2.75) is 12.3 Å². The van der Waals surface area contributed by atoms with E-state index in [0.29, 0.717) is 16.9 Å². The highest BCUT2D eigenvalue weighted by Crippen LogP contribution is 2.33. The molecule has 3 N–H and O–H groups in total. The molecule has 0 aliphatic heterocycles. The van der Waals surface area contributed by atoms with Crippen LogP contribution >= 0.6 is 0 Å². The zero-order valence-electron chi connectivity index (χ0n) is 14.7. The van der Waals surface area contributed by atoms with E-state index >= 15 is 0 Å². The molecule has 9 heteroatoms. The Morgan fingerprint density at radius 3 is 2.18 bits per heavy atom. The van der Waals surface area contributed by atoms with Gasteiger partial charge in [0.25, 0.3) is 0 Å². The van der Waals surface area contributed by atoms with Crippen LogP contribution in [0.1, 0.15) is 11.7 Å². The molecular formula is C19H16F4N4O. The molecule has 1 heterocycles. The Morgan fingerprint density at radius 1 is 1.04 bits per heavy atom. The second-order valence-corrected chi connectivity index (χ2v) is 6.07. The monoisotopic (exact) mass is 392 g/mol. The van der Waals surface area contributed by atoms with Crippen molar-refractivity contribution in [1.29, 1.82) is 0 Å². The van der Waals surface area contributed by atoms with Gasteiger partial charge in [-0.3, -0.25) is 0 Å². The van der Waals surface area contributed by atoms with Gasteiger partial charge in [0.1, 0.15) is 11.5 Å². The minimum absolute atomic E-state index is 0.149. The molecule has 0 saturated heterocycles. The summed E-state index contributed by atoms with van der Waals surface area (Å²) in [6.45, 7) is 0. The summed E-state index contributed by atoms with van der Waals surface area (Å²) in [5.74, 6) is 0.00819. The van der Waals surface area contributed by atoms with Gasteiger partial charge in [-0.15, -0.1) is 0 Å². The molecule has 28 heavy (non-hydrogen) atoms. The Morgan fingerprint density at radius 2 is 1.64 bits per heavy atom. The van der Waals surface area contributed by atoms with Gasteiger partial charge in [-0.05, 0) is 29.8 Å². The number of aromatic nitrogens is 2. The highest BCUT2D eigenvalue weighted by Gasteiger charge is 2.39. The van der Waals surface area contributed by atoms with Gasteiger partial charge < -0.3 is 15.7 Å². The van der Waals surface area contributed by atoms with Gasteiger partial charge in [-0.25, -0.2) is 14.4 Å². The van der Waals surface area contributed by atoms with Gasteiger partial charge in [0.2, 0.25) is 0 Å². The Bertz CT molecular complexity index is 959. The predicted molar refractivity (Wildman–Crippen MR) is 97.4 cm³/mol. The molecule has 3 rings (SSSR count). The standard InChI is InChI=1S/C19H16F4N4O/c1-27(14-8-6-13(20)7-9-14)15-10-25-18(26-17(15)24)12-4-2-11(3-5-12)16(28)19(21,22)23/h2-10,16,28H,1H3,(H2,24,25,26). The third-order valence-corrected chi connectivity index (χ3v) is 4.17. The van der Waals surface area contributed by atoms with Crippen molar-refractivity contribution < 1.29 is 22.7 Å². The fourth-order valence-electron chi connectivity index (χ4n) is 2.59. The second-order valence-electron chi connectivity index (χ2n) is 6.07. The SMILES string of the molecule is CN(c1ccc(F)cc1)c1cnc(-c2ccc(C(O)C(F)(F)F)cc2)nc1N. The maximum Gasteiger partial charge on any atom is 0.418 e. The number of aliphatic hydroxyl groups is 1. The van der Waals surface area contributed by atoms with Crippen LogP contribution in [0.2, 0.25) is 0 Å². The first-order valence-corrected chi connectivity index (χ1v) is 8.14. The minimum Gasteiger partial charge on any atom is -0.382 e. The lowest BCUT2D eigenvalue weighted by atomic mass is 10.1. The molecule has 5 nitrogen and oxygen atoms in total. The van der Waals surface area contributed by atoms with Gasteiger partial charge in [-0.1, -0.05) is 24.3 Å². The molecule has 2 aromatic carbocycles. The molecule has 0 radical (unpaired) electrons. The van der Waals surface area contributed by atoms with Crippen molar-refractivity contribution >= 4 is 17.2 Å². The van der Waals surface area contributed by atoms with E-state index in [4.69, 9.17) is 5.73 Å². The van der Waals surface area contributed by atoms with E-state index in [-0.39, 0.29) is 23.0 Å². The lowest BCUT2D eigenvalue weighted by Crippen LogP contribution is -2.20. The van der Waals surface area contributed by atoms with E-state index < -0.39 is 12.3 Å². The molecule has 3 aromatic rings. The van der Waals surface area contributed by atoms with Crippen LogP contribution in [0.3, 0.4) is 0 Å². The summed E-state index contributed by atoms with van der Waals surface area (Å²) in [5, 5.41) is 9.28. The quantitative estimate of drug-likeness (QED) is 0.650. The number of nitrogen functional groups attached to an aromatic ring is 1. The van der Waals surface area contributed by atoms with E-state index in [1.54, 1.807) is 24.1 Å². The van der Waals surface area contributed by atoms with Crippen LogP contribution in [0.15, 0.2) is 54.7 Å². The first-order valence-electron chi connectivity index (χ1n) is 8.14. The smallest absolute Gasteiger partial charge is 0.382 e. The van der Waals surface area contributed by atoms with Crippen LogP contribution in [-0.2, 0) is 0 Å². The van der Waals surface area contributed by atoms with Gasteiger partial charge >= 0.3 is 6.18 Å². The Hall–Kier alpha value is -3.20. The highest BCUT2D eigenvalue weighted by molar-refractivity contribution is 5.72. The van der Waals surface area contributed by atoms with Crippen molar-refractivity contribution in [2.75, 3.05) is 17.7 Å². The summed E-state index contributed by atoms with van der Waals surface area (Å²) in [6.07, 6.45) is -5.83. The number of anilines is 3. The lowest BCUT2D eigenvalue weighted by molar-refractivity contribution is -0.206. The highest BCUT2D eigenvalue weighted by atomic mass is 19.4. The zero-order chi connectivity index (χ0) is 20.5. The summed E-state index contributed by atoms with van der Waals surface area (Å²) in [7, 11) is 1.72. The van der Waals surface area contributed by atoms with Gasteiger partial charge in [0.15, 0.2) is 17.7 Å². The largest absolute Gasteiger partial charge is 0.418 e. The lowest BCUT2D eigenvalue weighted by Gasteiger charge is -2.20. The fourth-order valence-corrected chi connectivity index (χ4v) is 2.59. The number of rotatable bonds is 4. The molecule has 1 unspecified atom stereocenters. The molecule has 0 aliphatic carbocycles.